The molecule has 0 bridgehead atoms. The molecule has 4 rings (SSSR count). The van der Waals surface area contributed by atoms with Crippen LogP contribution in [-0.2, 0) is 4.79 Å². The molecule has 1 aliphatic rings. The fourth-order valence-electron chi connectivity index (χ4n) is 3.95. The molecule has 1 fully saturated rings. The number of likely N-dealkylation sites (tertiary alicyclic amines) is 1. The monoisotopic (exact) mass is 458 g/mol. The molecule has 0 saturated carbocycles. The van der Waals surface area contributed by atoms with E-state index in [1.165, 1.54) is 11.1 Å². The van der Waals surface area contributed by atoms with Crippen LogP contribution in [0.5, 0.6) is 11.5 Å². The van der Waals surface area contributed by atoms with Crippen LogP contribution in [0.4, 0.5) is 22.9 Å². The number of carbonyl (C=O) groups is 1. The number of piperidine rings is 1. The predicted octanol–water partition coefficient (Wildman–Crippen LogP) is 4.86. The Balaban J connectivity index is 1.56. The lowest BCUT2D eigenvalue weighted by Gasteiger charge is -2.34. The smallest absolute Gasteiger partial charge is 0.246 e. The molecule has 9 heteroatoms. The fraction of sp³-hybridized carbons (Fsp3) is 0.200. The van der Waals surface area contributed by atoms with Crippen LogP contribution in [0.2, 0.25) is 0 Å². The third-order valence-corrected chi connectivity index (χ3v) is 5.57. The molecule has 0 radical (unpaired) electrons. The number of hydrogen-bond acceptors (Lipinski definition) is 7. The number of benzene rings is 2. The van der Waals surface area contributed by atoms with Crippen LogP contribution in [0.1, 0.15) is 12.8 Å². The first-order valence-electron chi connectivity index (χ1n) is 11.0. The first kappa shape index (κ1) is 22.8. The van der Waals surface area contributed by atoms with Crippen molar-refractivity contribution in [1.29, 1.82) is 0 Å². The van der Waals surface area contributed by atoms with Gasteiger partial charge in [0.15, 0.2) is 5.82 Å². The lowest BCUT2D eigenvalue weighted by atomic mass is 10.0. The molecule has 3 N–H and O–H groups in total. The zero-order chi connectivity index (χ0) is 23.9. The Hall–Kier alpha value is -4.40. The largest absolute Gasteiger partial charge is 0.457 e. The van der Waals surface area contributed by atoms with Crippen LogP contribution in [0, 0.1) is 4.91 Å². The summed E-state index contributed by atoms with van der Waals surface area (Å²) in [5.74, 6) is 1.38. The van der Waals surface area contributed by atoms with Crippen molar-refractivity contribution in [3.05, 3.63) is 84.4 Å². The van der Waals surface area contributed by atoms with Crippen molar-refractivity contribution < 1.29 is 9.53 Å². The van der Waals surface area contributed by atoms with Gasteiger partial charge in [-0.05, 0) is 61.4 Å². The van der Waals surface area contributed by atoms with E-state index in [0.29, 0.717) is 41.7 Å². The minimum absolute atomic E-state index is 0.0200. The Morgan fingerprint density at radius 1 is 1.18 bits per heavy atom. The molecule has 1 unspecified atom stereocenters. The maximum atomic E-state index is 12.0. The second-order valence-corrected chi connectivity index (χ2v) is 7.87. The summed E-state index contributed by atoms with van der Waals surface area (Å²) in [7, 11) is 0. The molecule has 1 aliphatic heterocycles. The molecule has 1 aromatic heterocycles. The topological polar surface area (TPSA) is 113 Å². The highest BCUT2D eigenvalue weighted by molar-refractivity contribution is 5.87. The molecular formula is C25H26N6O3. The highest BCUT2D eigenvalue weighted by Gasteiger charge is 2.25. The summed E-state index contributed by atoms with van der Waals surface area (Å²) in [5.41, 5.74) is 7.63. The van der Waals surface area contributed by atoms with Gasteiger partial charge in [0.2, 0.25) is 5.91 Å². The number of anilines is 4. The summed E-state index contributed by atoms with van der Waals surface area (Å²) in [6, 6.07) is 18.1. The van der Waals surface area contributed by atoms with Crippen LogP contribution >= 0.6 is 0 Å². The van der Waals surface area contributed by atoms with Gasteiger partial charge in [-0.15, -0.1) is 4.91 Å². The first-order chi connectivity index (χ1) is 16.6. The lowest BCUT2D eigenvalue weighted by Crippen LogP contribution is -2.44. The Morgan fingerprint density at radius 2 is 1.91 bits per heavy atom. The average molecular weight is 459 g/mol. The van der Waals surface area contributed by atoms with E-state index in [0.717, 1.165) is 12.8 Å². The summed E-state index contributed by atoms with van der Waals surface area (Å²) in [6.45, 7) is 4.78. The first-order valence-corrected chi connectivity index (χ1v) is 11.0. The van der Waals surface area contributed by atoms with E-state index in [9.17, 15) is 9.70 Å². The van der Waals surface area contributed by atoms with Crippen molar-refractivity contribution in [1.82, 2.24) is 9.88 Å². The second-order valence-electron chi connectivity index (χ2n) is 7.87. The van der Waals surface area contributed by atoms with Crippen molar-refractivity contribution in [2.45, 2.75) is 18.9 Å². The fourth-order valence-corrected chi connectivity index (χ4v) is 3.95. The Labute approximate surface area is 197 Å². The SMILES string of the molecule is C=CC(=O)N1CCCC(Nc2ccnc(N)c2N(N=O)c2ccc(Oc3ccccc3)cc2)C1. The van der Waals surface area contributed by atoms with Gasteiger partial charge >= 0.3 is 0 Å². The molecule has 34 heavy (non-hydrogen) atoms. The van der Waals surface area contributed by atoms with E-state index < -0.39 is 0 Å². The summed E-state index contributed by atoms with van der Waals surface area (Å²) in [5, 5.41) is 7.83. The maximum absolute atomic E-state index is 12.0. The summed E-state index contributed by atoms with van der Waals surface area (Å²) < 4.78 is 5.82. The van der Waals surface area contributed by atoms with Gasteiger partial charge in [-0.3, -0.25) is 4.79 Å². The third-order valence-electron chi connectivity index (χ3n) is 5.57. The molecule has 1 saturated heterocycles. The summed E-state index contributed by atoms with van der Waals surface area (Å²) in [6.07, 6.45) is 4.60. The van der Waals surface area contributed by atoms with Gasteiger partial charge in [-0.25, -0.2) is 4.98 Å². The molecule has 2 heterocycles. The highest BCUT2D eigenvalue weighted by Crippen LogP contribution is 2.38. The number of nitrogens with one attached hydrogen (secondary N) is 1. The number of ether oxygens (including phenoxy) is 1. The van der Waals surface area contributed by atoms with Gasteiger partial charge in [0.05, 0.1) is 16.7 Å². The van der Waals surface area contributed by atoms with Crippen molar-refractivity contribution in [3.8, 4) is 11.5 Å². The van der Waals surface area contributed by atoms with Crippen molar-refractivity contribution in [2.24, 2.45) is 5.29 Å². The van der Waals surface area contributed by atoms with Crippen LogP contribution in [-0.4, -0.2) is 34.9 Å². The summed E-state index contributed by atoms with van der Waals surface area (Å²) >= 11 is 0. The molecule has 174 valence electrons. The van der Waals surface area contributed by atoms with Gasteiger partial charge < -0.3 is 20.7 Å². The van der Waals surface area contributed by atoms with Gasteiger partial charge in [0.25, 0.3) is 0 Å². The number of nitrogen functional groups attached to an aromatic ring is 1. The molecule has 9 nitrogen and oxygen atoms in total. The van der Waals surface area contributed by atoms with Crippen LogP contribution < -0.4 is 20.8 Å². The predicted molar refractivity (Wildman–Crippen MR) is 133 cm³/mol. The minimum Gasteiger partial charge on any atom is -0.457 e. The van der Waals surface area contributed by atoms with E-state index in [2.05, 4.69) is 22.2 Å². The maximum Gasteiger partial charge on any atom is 0.246 e. The number of rotatable bonds is 8. The standard InChI is InChI=1S/C25H26N6O3/c1-2-23(32)30-16-6-7-18(17-30)28-22-14-15-27-25(26)24(22)31(29-33)19-10-12-21(13-11-19)34-20-8-4-3-5-9-20/h2-5,8-15,18H,1,6-7,16-17H2,(H3,26,27,28). The number of nitrogens with two attached hydrogens (primary N) is 1. The second kappa shape index (κ2) is 10.5. The third kappa shape index (κ3) is 5.15. The number of carbonyl (C=O) groups excluding carboxylic acids is 1. The zero-order valence-electron chi connectivity index (χ0n) is 18.6. The minimum atomic E-state index is -0.102. The molecule has 2 aromatic carbocycles. The number of amides is 1. The van der Waals surface area contributed by atoms with Gasteiger partial charge in [-0.1, -0.05) is 24.8 Å². The summed E-state index contributed by atoms with van der Waals surface area (Å²) in [4.78, 5) is 29.9. The van der Waals surface area contributed by atoms with Crippen LogP contribution in [0.25, 0.3) is 0 Å². The number of para-hydroxylation sites is 1. The Morgan fingerprint density at radius 3 is 2.62 bits per heavy atom. The quantitative estimate of drug-likeness (QED) is 0.281. The number of hydrogen-bond donors (Lipinski definition) is 2. The van der Waals surface area contributed by atoms with Gasteiger partial charge in [0.1, 0.15) is 17.2 Å². The molecule has 1 atom stereocenters. The Kier molecular flexibility index (Phi) is 7.02. The van der Waals surface area contributed by atoms with E-state index in [1.54, 1.807) is 41.4 Å². The number of pyridine rings is 1. The van der Waals surface area contributed by atoms with Crippen molar-refractivity contribution >= 4 is 28.8 Å². The Bertz CT molecular complexity index is 1150. The molecular weight excluding hydrogens is 432 g/mol. The van der Waals surface area contributed by atoms with E-state index >= 15 is 0 Å². The van der Waals surface area contributed by atoms with E-state index in [-0.39, 0.29) is 17.8 Å². The number of aromatic nitrogens is 1. The average Bonchev–Trinajstić information content (AvgIpc) is 2.87. The molecule has 1 amide bonds. The molecule has 0 aliphatic carbocycles. The van der Waals surface area contributed by atoms with Gasteiger partial charge in [0, 0.05) is 25.3 Å². The van der Waals surface area contributed by atoms with Gasteiger partial charge in [-0.2, -0.15) is 5.01 Å². The van der Waals surface area contributed by atoms with Crippen molar-refractivity contribution in [2.75, 3.05) is 29.1 Å². The zero-order valence-corrected chi connectivity index (χ0v) is 18.6. The van der Waals surface area contributed by atoms with Crippen LogP contribution in [0.15, 0.2) is 84.8 Å². The number of nitroso groups, excluding NO2 is 1. The highest BCUT2D eigenvalue weighted by atomic mass is 16.5. The molecule has 3 aromatic rings. The normalized spacial score (nSPS) is 15.3. The lowest BCUT2D eigenvalue weighted by molar-refractivity contribution is -0.127. The van der Waals surface area contributed by atoms with E-state index in [1.807, 2.05) is 30.3 Å². The van der Waals surface area contributed by atoms with Crippen LogP contribution in [0.3, 0.4) is 0 Å². The molecule has 0 spiro atoms. The van der Waals surface area contributed by atoms with Crippen molar-refractivity contribution in [3.63, 3.8) is 0 Å². The number of nitrogens with zero attached hydrogens (tertiary/aromatic N) is 4. The van der Waals surface area contributed by atoms with E-state index in [4.69, 9.17) is 10.5 Å².